The summed E-state index contributed by atoms with van der Waals surface area (Å²) in [5.41, 5.74) is 4.53. The van der Waals surface area contributed by atoms with Crippen molar-refractivity contribution in [2.45, 2.75) is 110 Å². The van der Waals surface area contributed by atoms with Crippen LogP contribution in [0.5, 0.6) is 0 Å². The molecule has 2 rings (SSSR count). The third-order valence-corrected chi connectivity index (χ3v) is 8.98. The van der Waals surface area contributed by atoms with Gasteiger partial charge in [0, 0.05) is 19.4 Å². The highest BCUT2D eigenvalue weighted by atomic mass is 16.4. The standard InChI is InChI=1S/C39H56N4O8/c1-26(2)34(37(48)40-33(25-30-17-12-9-13-18-30)38(49)43-23-14-19-32(42-43)39(50)51)41-36(47)31(21-20-29(5)45)35(46)28(4)16-11-8-6-7-10-15-27(3)22-24-44/h6-9,11-13,17-18,22,24,26,28,31-35,42,46H,10,14-16,19-21,23,25H2,1-5H3,(H,40,48)(H,41,47)(H,50,51)/b7-6+,11-8+,27-22+/t28-,31?,32?,33?,34?,35?/m0/s1. The summed E-state index contributed by atoms with van der Waals surface area (Å²) >= 11 is 0. The molecule has 51 heavy (non-hydrogen) atoms. The van der Waals surface area contributed by atoms with Crippen molar-refractivity contribution in [1.29, 1.82) is 0 Å². The van der Waals surface area contributed by atoms with Crippen molar-refractivity contribution >= 4 is 35.8 Å². The van der Waals surface area contributed by atoms with E-state index in [9.17, 15) is 39.0 Å². The maximum absolute atomic E-state index is 13.8. The summed E-state index contributed by atoms with van der Waals surface area (Å²) in [5, 5.41) is 27.7. The molecule has 5 N–H and O–H groups in total. The van der Waals surface area contributed by atoms with Gasteiger partial charge in [-0.25, -0.2) is 5.43 Å². The molecule has 6 atom stereocenters. The van der Waals surface area contributed by atoms with Gasteiger partial charge in [0.1, 0.15) is 30.2 Å². The molecule has 1 heterocycles. The van der Waals surface area contributed by atoms with Crippen LogP contribution in [0, 0.1) is 17.8 Å². The number of ketones is 1. The van der Waals surface area contributed by atoms with Crippen molar-refractivity contribution < 1.29 is 39.0 Å². The summed E-state index contributed by atoms with van der Waals surface area (Å²) in [6.07, 6.45) is 12.0. The van der Waals surface area contributed by atoms with Gasteiger partial charge in [-0.2, -0.15) is 0 Å². The Balaban J connectivity index is 2.19. The number of nitrogens with one attached hydrogen (secondary N) is 3. The lowest BCUT2D eigenvalue weighted by molar-refractivity contribution is -0.148. The first-order chi connectivity index (χ1) is 24.2. The number of carboxylic acids is 1. The number of hydrogen-bond donors (Lipinski definition) is 5. The Morgan fingerprint density at radius 1 is 0.980 bits per heavy atom. The number of benzene rings is 1. The molecular formula is C39H56N4O8. The number of aliphatic hydroxyl groups is 1. The monoisotopic (exact) mass is 708 g/mol. The maximum Gasteiger partial charge on any atom is 0.322 e. The quantitative estimate of drug-likeness (QED) is 0.0720. The summed E-state index contributed by atoms with van der Waals surface area (Å²) in [7, 11) is 0. The molecule has 1 aromatic carbocycles. The highest BCUT2D eigenvalue weighted by molar-refractivity contribution is 5.93. The Bertz CT molecular complexity index is 1410. The minimum absolute atomic E-state index is 0.0742. The summed E-state index contributed by atoms with van der Waals surface area (Å²) in [6.45, 7) is 8.91. The zero-order valence-corrected chi connectivity index (χ0v) is 30.5. The van der Waals surface area contributed by atoms with Crippen molar-refractivity contribution in [3.8, 4) is 0 Å². The van der Waals surface area contributed by atoms with Gasteiger partial charge in [0.25, 0.3) is 5.91 Å². The van der Waals surface area contributed by atoms with Crippen LogP contribution in [-0.2, 0) is 35.2 Å². The zero-order chi connectivity index (χ0) is 37.9. The molecule has 0 spiro atoms. The Morgan fingerprint density at radius 2 is 1.67 bits per heavy atom. The number of carbonyl (C=O) groups is 6. The van der Waals surface area contributed by atoms with Gasteiger partial charge < -0.3 is 25.6 Å². The molecule has 1 saturated heterocycles. The van der Waals surface area contributed by atoms with Crippen molar-refractivity contribution in [1.82, 2.24) is 21.1 Å². The van der Waals surface area contributed by atoms with Crippen molar-refractivity contribution in [3.63, 3.8) is 0 Å². The fourth-order valence-electron chi connectivity index (χ4n) is 5.83. The number of carboxylic acid groups (broad SMARTS) is 1. The van der Waals surface area contributed by atoms with Gasteiger partial charge in [0.05, 0.1) is 12.0 Å². The molecule has 1 aliphatic heterocycles. The molecule has 12 nitrogen and oxygen atoms in total. The van der Waals surface area contributed by atoms with Crippen LogP contribution in [0.15, 0.2) is 66.3 Å². The molecule has 5 unspecified atom stereocenters. The van der Waals surface area contributed by atoms with Crippen LogP contribution in [0.25, 0.3) is 0 Å². The first-order valence-electron chi connectivity index (χ1n) is 17.8. The Kier molecular flexibility index (Phi) is 18.8. The van der Waals surface area contributed by atoms with Gasteiger partial charge >= 0.3 is 5.97 Å². The Labute approximate surface area is 301 Å². The van der Waals surface area contributed by atoms with E-state index in [-0.39, 0.29) is 37.5 Å². The number of allylic oxidation sites excluding steroid dienone is 6. The molecule has 1 fully saturated rings. The van der Waals surface area contributed by atoms with Crippen LogP contribution < -0.4 is 16.1 Å². The second-order valence-electron chi connectivity index (χ2n) is 13.7. The van der Waals surface area contributed by atoms with Crippen LogP contribution in [0.4, 0.5) is 0 Å². The van der Waals surface area contributed by atoms with E-state index < -0.39 is 59.8 Å². The number of hydrazine groups is 1. The van der Waals surface area contributed by atoms with E-state index in [1.807, 2.05) is 68.5 Å². The number of rotatable bonds is 21. The molecule has 0 radical (unpaired) electrons. The van der Waals surface area contributed by atoms with Crippen molar-refractivity contribution in [2.24, 2.45) is 17.8 Å². The summed E-state index contributed by atoms with van der Waals surface area (Å²) < 4.78 is 0. The normalized spacial score (nSPS) is 18.2. The lowest BCUT2D eigenvalue weighted by Gasteiger charge is -2.35. The van der Waals surface area contributed by atoms with E-state index in [0.717, 1.165) is 30.3 Å². The minimum atomic E-state index is -1.11. The molecule has 0 aromatic heterocycles. The summed E-state index contributed by atoms with van der Waals surface area (Å²) in [6, 6.07) is 6.04. The average Bonchev–Trinajstić information content (AvgIpc) is 3.09. The van der Waals surface area contributed by atoms with Crippen LogP contribution in [0.3, 0.4) is 0 Å². The van der Waals surface area contributed by atoms with Gasteiger partial charge in [-0.3, -0.25) is 29.0 Å². The second kappa shape index (κ2) is 22.4. The highest BCUT2D eigenvalue weighted by Crippen LogP contribution is 2.23. The number of aldehydes is 1. The lowest BCUT2D eigenvalue weighted by Crippen LogP contribution is -2.62. The maximum atomic E-state index is 13.8. The second-order valence-corrected chi connectivity index (χ2v) is 13.7. The molecule has 3 amide bonds. The van der Waals surface area contributed by atoms with Crippen LogP contribution >= 0.6 is 0 Å². The third-order valence-electron chi connectivity index (χ3n) is 8.98. The first kappa shape index (κ1) is 42.7. The number of hydrogen-bond acceptors (Lipinski definition) is 8. The van der Waals surface area contributed by atoms with Gasteiger partial charge in [-0.05, 0) is 75.8 Å². The van der Waals surface area contributed by atoms with Crippen LogP contribution in [0.2, 0.25) is 0 Å². The van der Waals surface area contributed by atoms with Gasteiger partial charge in [-0.1, -0.05) is 81.0 Å². The summed E-state index contributed by atoms with van der Waals surface area (Å²) in [5.74, 6) is -4.59. The van der Waals surface area contributed by atoms with Gasteiger partial charge in [0.2, 0.25) is 11.8 Å². The molecule has 1 aromatic rings. The molecular weight excluding hydrogens is 652 g/mol. The fraction of sp³-hybridized carbons (Fsp3) is 0.538. The van der Waals surface area contributed by atoms with Crippen molar-refractivity contribution in [3.05, 3.63) is 71.8 Å². The topological polar surface area (TPSA) is 182 Å². The number of Topliss-reactive ketones (excluding diaryl/α,β-unsaturated/α-hetero) is 1. The SMILES string of the molecule is CC(=O)CCC(C(=O)NC(C(=O)NC(Cc1ccccc1)C(=O)N1CCCC(C(=O)O)N1)C(C)C)C(O)[C@@H](C)C/C=C/C=C/CC/C(C)=C/C=O. The number of aliphatic hydroxyl groups excluding tert-OH is 1. The van der Waals surface area contributed by atoms with Crippen LogP contribution in [-0.4, -0.2) is 81.8 Å². The smallest absolute Gasteiger partial charge is 0.322 e. The molecule has 280 valence electrons. The number of amides is 3. The molecule has 0 aliphatic carbocycles. The van der Waals surface area contributed by atoms with Gasteiger partial charge in [-0.15, -0.1) is 0 Å². The number of carbonyl (C=O) groups excluding carboxylic acids is 5. The lowest BCUT2D eigenvalue weighted by atomic mass is 9.85. The number of aliphatic carboxylic acids is 1. The Morgan fingerprint density at radius 3 is 2.29 bits per heavy atom. The van der Waals surface area contributed by atoms with E-state index in [1.54, 1.807) is 19.9 Å². The molecule has 1 aliphatic rings. The minimum Gasteiger partial charge on any atom is -0.480 e. The molecule has 0 saturated carbocycles. The highest BCUT2D eigenvalue weighted by Gasteiger charge is 2.37. The Hall–Kier alpha value is -4.42. The predicted octanol–water partition coefficient (Wildman–Crippen LogP) is 3.85. The predicted molar refractivity (Wildman–Crippen MR) is 195 cm³/mol. The number of nitrogens with zero attached hydrogens (tertiary/aromatic N) is 1. The molecule has 0 bridgehead atoms. The van der Waals surface area contributed by atoms with Crippen LogP contribution in [0.1, 0.15) is 85.1 Å². The summed E-state index contributed by atoms with van der Waals surface area (Å²) in [4.78, 5) is 75.4. The molecule has 12 heteroatoms. The van der Waals surface area contributed by atoms with E-state index in [0.29, 0.717) is 19.3 Å². The zero-order valence-electron chi connectivity index (χ0n) is 30.5. The van der Waals surface area contributed by atoms with E-state index in [2.05, 4.69) is 16.1 Å². The van der Waals surface area contributed by atoms with E-state index in [1.165, 1.54) is 11.9 Å². The van der Waals surface area contributed by atoms with Crippen molar-refractivity contribution in [2.75, 3.05) is 6.54 Å². The van der Waals surface area contributed by atoms with E-state index in [4.69, 9.17) is 0 Å². The third kappa shape index (κ3) is 15.2. The first-order valence-corrected chi connectivity index (χ1v) is 17.8. The average molecular weight is 709 g/mol. The fourth-order valence-corrected chi connectivity index (χ4v) is 5.83. The van der Waals surface area contributed by atoms with E-state index >= 15 is 0 Å². The largest absolute Gasteiger partial charge is 0.480 e. The van der Waals surface area contributed by atoms with Gasteiger partial charge in [0.15, 0.2) is 0 Å².